The summed E-state index contributed by atoms with van der Waals surface area (Å²) in [6.45, 7) is 1.98. The molecule has 0 unspecified atom stereocenters. The Hall–Kier alpha value is -3.32. The lowest BCUT2D eigenvalue weighted by atomic mass is 9.84. The first-order valence-electron chi connectivity index (χ1n) is 11.4. The first kappa shape index (κ1) is 22.5. The smallest absolute Gasteiger partial charge is 0.338 e. The van der Waals surface area contributed by atoms with Crippen molar-refractivity contribution in [3.8, 4) is 6.07 Å². The Morgan fingerprint density at radius 1 is 1.35 bits per heavy atom. The average molecular weight is 470 g/mol. The van der Waals surface area contributed by atoms with Crippen molar-refractivity contribution in [3.05, 3.63) is 51.9 Å². The molecule has 1 saturated carbocycles. The van der Waals surface area contributed by atoms with E-state index in [9.17, 15) is 23.2 Å². The zero-order valence-corrected chi connectivity index (χ0v) is 18.7. The van der Waals surface area contributed by atoms with E-state index in [2.05, 4.69) is 26.8 Å². The van der Waals surface area contributed by atoms with Crippen molar-refractivity contribution >= 4 is 22.4 Å². The molecule has 2 aliphatic rings. The van der Waals surface area contributed by atoms with Gasteiger partial charge in [-0.15, -0.1) is 0 Å². The van der Waals surface area contributed by atoms with E-state index in [0.29, 0.717) is 46.9 Å². The van der Waals surface area contributed by atoms with Crippen molar-refractivity contribution < 1.29 is 13.2 Å². The van der Waals surface area contributed by atoms with E-state index in [-0.39, 0.29) is 30.0 Å². The maximum Gasteiger partial charge on any atom is 0.410 e. The van der Waals surface area contributed by atoms with Crippen LogP contribution in [0.1, 0.15) is 49.3 Å². The second-order valence-corrected chi connectivity index (χ2v) is 9.22. The molecule has 0 amide bonds. The number of aromatic nitrogens is 3. The third kappa shape index (κ3) is 3.64. The molecule has 10 heteroatoms. The quantitative estimate of drug-likeness (QED) is 0.482. The number of benzene rings is 1. The van der Waals surface area contributed by atoms with Crippen LogP contribution in [0.3, 0.4) is 0 Å². The van der Waals surface area contributed by atoms with Crippen molar-refractivity contribution in [1.82, 2.24) is 20.1 Å². The lowest BCUT2D eigenvalue weighted by Gasteiger charge is -2.34. The number of nitrogens with zero attached hydrogens (tertiary/aromatic N) is 3. The highest BCUT2D eigenvalue weighted by molar-refractivity contribution is 5.91. The molecule has 1 saturated heterocycles. The highest BCUT2D eigenvalue weighted by Crippen LogP contribution is 2.47. The molecule has 2 atom stereocenters. The Kier molecular flexibility index (Phi) is 5.40. The minimum Gasteiger partial charge on any atom is -0.338 e. The molecular weight excluding hydrogens is 445 g/mol. The Morgan fingerprint density at radius 2 is 2.15 bits per heavy atom. The second kappa shape index (κ2) is 8.17. The number of nitriles is 1. The van der Waals surface area contributed by atoms with E-state index in [1.54, 1.807) is 36.0 Å². The summed E-state index contributed by atoms with van der Waals surface area (Å²) < 4.78 is 43.8. The van der Waals surface area contributed by atoms with Gasteiger partial charge in [0.15, 0.2) is 5.82 Å². The summed E-state index contributed by atoms with van der Waals surface area (Å²) in [5.41, 5.74) is -0.505. The van der Waals surface area contributed by atoms with Crippen molar-refractivity contribution in [3.63, 3.8) is 0 Å². The van der Waals surface area contributed by atoms with Gasteiger partial charge in [-0.1, -0.05) is 6.07 Å². The summed E-state index contributed by atoms with van der Waals surface area (Å²) in [5.74, 6) is 0.658. The van der Waals surface area contributed by atoms with Gasteiger partial charge in [0.05, 0.1) is 24.0 Å². The lowest BCUT2D eigenvalue weighted by Crippen LogP contribution is -2.50. The maximum absolute atomic E-state index is 14.0. The van der Waals surface area contributed by atoms with Gasteiger partial charge in [0.25, 0.3) is 5.56 Å². The van der Waals surface area contributed by atoms with Gasteiger partial charge >= 0.3 is 6.18 Å². The van der Waals surface area contributed by atoms with Crippen LogP contribution in [0.4, 0.5) is 24.7 Å². The molecule has 7 nitrogen and oxygen atoms in total. The number of alkyl halides is 3. The van der Waals surface area contributed by atoms with Gasteiger partial charge in [-0.2, -0.15) is 23.5 Å². The summed E-state index contributed by atoms with van der Waals surface area (Å²) in [6.07, 6.45) is -0.109. The van der Waals surface area contributed by atoms with Crippen LogP contribution in [0.15, 0.2) is 35.3 Å². The number of H-pyrrole nitrogens is 1. The van der Waals surface area contributed by atoms with Crippen molar-refractivity contribution in [2.45, 2.75) is 56.8 Å². The van der Waals surface area contributed by atoms with Crippen LogP contribution in [-0.4, -0.2) is 27.5 Å². The van der Waals surface area contributed by atoms with Gasteiger partial charge in [0.1, 0.15) is 10.9 Å². The topological polar surface area (TPSA) is 98.5 Å². The zero-order chi connectivity index (χ0) is 24.1. The minimum atomic E-state index is -4.41. The highest BCUT2D eigenvalue weighted by atomic mass is 19.4. The standard InChI is InChI=1S/C24H25F3N6O/c1-14-13-16(5-6-17(14)23(24(25,26)27)9-2-11-30-23)31-21-20-19(8-12-29-22(20)34)33(32-21)18(7-10-28)15-3-4-15/h5-6,8,12-13,15,18,30H,2-4,7,9,11H2,1H3,(H,29,34)(H,31,32)/t18-,23-/m0/s1. The van der Waals surface area contributed by atoms with E-state index in [1.807, 2.05) is 0 Å². The molecule has 2 fully saturated rings. The maximum atomic E-state index is 14.0. The number of halogens is 3. The fourth-order valence-electron chi connectivity index (χ4n) is 5.19. The van der Waals surface area contributed by atoms with Crippen molar-refractivity contribution in [2.24, 2.45) is 5.92 Å². The summed E-state index contributed by atoms with van der Waals surface area (Å²) in [4.78, 5) is 15.3. The van der Waals surface area contributed by atoms with Gasteiger partial charge in [-0.05, 0) is 74.4 Å². The molecule has 1 aliphatic heterocycles. The second-order valence-electron chi connectivity index (χ2n) is 9.22. The molecule has 5 rings (SSSR count). The Bertz CT molecular complexity index is 1330. The highest BCUT2D eigenvalue weighted by Gasteiger charge is 2.57. The molecule has 1 aromatic carbocycles. The molecule has 0 bridgehead atoms. The van der Waals surface area contributed by atoms with Crippen LogP contribution >= 0.6 is 0 Å². The number of pyridine rings is 1. The molecular formula is C24H25F3N6O. The minimum absolute atomic E-state index is 0.00398. The van der Waals surface area contributed by atoms with Gasteiger partial charge in [0.2, 0.25) is 0 Å². The monoisotopic (exact) mass is 470 g/mol. The van der Waals surface area contributed by atoms with Crippen molar-refractivity contribution in [2.75, 3.05) is 11.9 Å². The molecule has 178 valence electrons. The molecule has 3 aromatic rings. The lowest BCUT2D eigenvalue weighted by molar-refractivity contribution is -0.196. The van der Waals surface area contributed by atoms with Gasteiger partial charge in [-0.3, -0.25) is 14.8 Å². The first-order valence-corrected chi connectivity index (χ1v) is 11.4. The van der Waals surface area contributed by atoms with Crippen LogP contribution in [0.5, 0.6) is 0 Å². The van der Waals surface area contributed by atoms with E-state index >= 15 is 0 Å². The molecule has 1 aliphatic carbocycles. The summed E-state index contributed by atoms with van der Waals surface area (Å²) in [6, 6.07) is 8.58. The number of hydrogen-bond donors (Lipinski definition) is 3. The zero-order valence-electron chi connectivity index (χ0n) is 18.7. The average Bonchev–Trinajstić information content (AvgIpc) is 3.37. The predicted octanol–water partition coefficient (Wildman–Crippen LogP) is 4.78. The molecule has 34 heavy (non-hydrogen) atoms. The predicted molar refractivity (Wildman–Crippen MR) is 122 cm³/mol. The van der Waals surface area contributed by atoms with Crippen LogP contribution in [0.25, 0.3) is 10.9 Å². The van der Waals surface area contributed by atoms with Gasteiger partial charge in [-0.25, -0.2) is 0 Å². The van der Waals surface area contributed by atoms with Crippen LogP contribution in [0.2, 0.25) is 0 Å². The van der Waals surface area contributed by atoms with E-state index in [0.717, 1.165) is 12.8 Å². The largest absolute Gasteiger partial charge is 0.410 e. The number of rotatable bonds is 6. The van der Waals surface area contributed by atoms with Crippen LogP contribution in [0, 0.1) is 24.2 Å². The Balaban J connectivity index is 1.54. The summed E-state index contributed by atoms with van der Waals surface area (Å²) >= 11 is 0. The number of anilines is 2. The summed E-state index contributed by atoms with van der Waals surface area (Å²) in [7, 11) is 0. The van der Waals surface area contributed by atoms with Crippen LogP contribution in [-0.2, 0) is 5.54 Å². The Morgan fingerprint density at radius 3 is 2.76 bits per heavy atom. The molecule has 3 heterocycles. The summed E-state index contributed by atoms with van der Waals surface area (Å²) in [5, 5.41) is 20.1. The fourth-order valence-corrected chi connectivity index (χ4v) is 5.19. The third-order valence-corrected chi connectivity index (χ3v) is 7.00. The SMILES string of the molecule is Cc1cc(Nc2nn([C@@H](CC#N)C3CC3)c3cc[nH]c(=O)c23)ccc1[C@]1(C(F)(F)F)CCCN1. The molecule has 3 N–H and O–H groups in total. The number of nitrogens with one attached hydrogen (secondary N) is 3. The van der Waals surface area contributed by atoms with Crippen LogP contribution < -0.4 is 16.2 Å². The number of aryl methyl sites for hydroxylation is 1. The number of hydrogen-bond acceptors (Lipinski definition) is 5. The fraction of sp³-hybridized carbons (Fsp3) is 0.458. The first-order chi connectivity index (χ1) is 16.2. The number of aromatic amines is 1. The molecule has 0 radical (unpaired) electrons. The normalized spacial score (nSPS) is 21.5. The van der Waals surface area contributed by atoms with Gasteiger partial charge in [0, 0.05) is 11.9 Å². The Labute approximate surface area is 194 Å². The number of fused-ring (bicyclic) bond motifs is 1. The van der Waals surface area contributed by atoms with Crippen molar-refractivity contribution in [1.29, 1.82) is 5.26 Å². The van der Waals surface area contributed by atoms with E-state index in [1.165, 1.54) is 6.07 Å². The third-order valence-electron chi connectivity index (χ3n) is 7.00. The van der Waals surface area contributed by atoms with E-state index < -0.39 is 11.7 Å². The molecule has 0 spiro atoms. The molecule has 2 aromatic heterocycles. The van der Waals surface area contributed by atoms with Gasteiger partial charge < -0.3 is 10.3 Å². The van der Waals surface area contributed by atoms with E-state index in [4.69, 9.17) is 0 Å².